The molecule has 33 heavy (non-hydrogen) atoms. The molecule has 0 radical (unpaired) electrons. The number of anilines is 2. The van der Waals surface area contributed by atoms with Gasteiger partial charge in [0.15, 0.2) is 10.8 Å². The summed E-state index contributed by atoms with van der Waals surface area (Å²) in [6.07, 6.45) is 2.71. The number of thiazole rings is 1. The van der Waals surface area contributed by atoms with Crippen LogP contribution in [0.3, 0.4) is 0 Å². The van der Waals surface area contributed by atoms with Crippen LogP contribution >= 0.6 is 11.3 Å². The van der Waals surface area contributed by atoms with Crippen LogP contribution in [-0.4, -0.2) is 46.0 Å². The zero-order valence-electron chi connectivity index (χ0n) is 18.4. The number of carbonyl (C=O) groups excluding carboxylic acids is 2. The third-order valence-corrected chi connectivity index (χ3v) is 6.67. The maximum Gasteiger partial charge on any atom is 0.273 e. The molecule has 3 heterocycles. The van der Waals surface area contributed by atoms with Crippen molar-refractivity contribution in [2.45, 2.75) is 33.2 Å². The van der Waals surface area contributed by atoms with Crippen LogP contribution in [-0.2, 0) is 16.1 Å². The molecule has 11 heteroatoms. The van der Waals surface area contributed by atoms with Gasteiger partial charge in [-0.3, -0.25) is 19.0 Å². The molecule has 1 aromatic carbocycles. The minimum atomic E-state index is -0.535. The van der Waals surface area contributed by atoms with Gasteiger partial charge in [0.05, 0.1) is 5.69 Å². The van der Waals surface area contributed by atoms with Crippen molar-refractivity contribution in [2.24, 2.45) is 5.92 Å². The Morgan fingerprint density at radius 3 is 2.73 bits per heavy atom. The number of hydrogen-bond acceptors (Lipinski definition) is 7. The van der Waals surface area contributed by atoms with Crippen LogP contribution in [0, 0.1) is 18.7 Å². The lowest BCUT2D eigenvalue weighted by Gasteiger charge is -2.30. The Morgan fingerprint density at radius 2 is 2.03 bits per heavy atom. The molecule has 1 aliphatic rings. The van der Waals surface area contributed by atoms with Crippen molar-refractivity contribution in [2.75, 3.05) is 29.9 Å². The molecule has 0 atom stereocenters. The quantitative estimate of drug-likeness (QED) is 0.570. The highest BCUT2D eigenvalue weighted by Crippen LogP contribution is 2.29. The molecule has 9 nitrogen and oxygen atoms in total. The van der Waals surface area contributed by atoms with Crippen molar-refractivity contribution < 1.29 is 14.0 Å². The third kappa shape index (κ3) is 5.03. The Morgan fingerprint density at radius 1 is 1.27 bits per heavy atom. The van der Waals surface area contributed by atoms with Crippen LogP contribution in [0.4, 0.5) is 15.2 Å². The summed E-state index contributed by atoms with van der Waals surface area (Å²) in [6, 6.07) is 4.50. The van der Waals surface area contributed by atoms with Crippen LogP contribution in [0.2, 0.25) is 0 Å². The summed E-state index contributed by atoms with van der Waals surface area (Å²) < 4.78 is 15.5. The van der Waals surface area contributed by atoms with E-state index in [1.165, 1.54) is 34.4 Å². The zero-order chi connectivity index (χ0) is 23.5. The molecule has 0 aliphatic carbocycles. The highest BCUT2D eigenvalue weighted by atomic mass is 32.1. The lowest BCUT2D eigenvalue weighted by atomic mass is 9.96. The van der Waals surface area contributed by atoms with E-state index < -0.39 is 11.7 Å². The first-order chi connectivity index (χ1) is 15.9. The molecule has 1 aliphatic heterocycles. The number of hydrogen-bond donors (Lipinski definition) is 2. The molecule has 1 saturated heterocycles. The summed E-state index contributed by atoms with van der Waals surface area (Å²) in [7, 11) is 0. The first kappa shape index (κ1) is 22.8. The minimum absolute atomic E-state index is 0.0113. The number of piperidine rings is 1. The van der Waals surface area contributed by atoms with Crippen LogP contribution in [0.1, 0.15) is 25.3 Å². The van der Waals surface area contributed by atoms with Gasteiger partial charge in [-0.1, -0.05) is 17.4 Å². The normalized spacial score (nSPS) is 14.5. The van der Waals surface area contributed by atoms with Gasteiger partial charge in [-0.25, -0.2) is 9.37 Å². The van der Waals surface area contributed by atoms with Gasteiger partial charge in [0.1, 0.15) is 23.4 Å². The molecule has 3 aromatic rings. The molecule has 0 spiro atoms. The number of benzene rings is 1. The van der Waals surface area contributed by atoms with E-state index in [1.54, 1.807) is 13.0 Å². The number of halogens is 1. The van der Waals surface area contributed by atoms with E-state index in [9.17, 15) is 18.8 Å². The van der Waals surface area contributed by atoms with Crippen molar-refractivity contribution >= 4 is 44.3 Å². The lowest BCUT2D eigenvalue weighted by Crippen LogP contribution is -2.40. The van der Waals surface area contributed by atoms with E-state index in [0.29, 0.717) is 35.1 Å². The van der Waals surface area contributed by atoms with Crippen molar-refractivity contribution in [3.05, 3.63) is 46.3 Å². The predicted octanol–water partition coefficient (Wildman–Crippen LogP) is 2.29. The van der Waals surface area contributed by atoms with Gasteiger partial charge in [0.2, 0.25) is 11.8 Å². The Labute approximate surface area is 193 Å². The summed E-state index contributed by atoms with van der Waals surface area (Å²) in [5.74, 6) is -0.997. The van der Waals surface area contributed by atoms with E-state index >= 15 is 0 Å². The number of nitrogens with zero attached hydrogens (tertiary/aromatic N) is 4. The zero-order valence-corrected chi connectivity index (χ0v) is 19.2. The van der Waals surface area contributed by atoms with Crippen LogP contribution in [0.5, 0.6) is 0 Å². The third-order valence-electron chi connectivity index (χ3n) is 5.57. The molecular formula is C22H25FN6O3S. The first-order valence-corrected chi connectivity index (χ1v) is 11.6. The predicted molar refractivity (Wildman–Crippen MR) is 125 cm³/mol. The Bertz CT molecular complexity index is 1250. The molecule has 1 fully saturated rings. The molecule has 0 unspecified atom stereocenters. The van der Waals surface area contributed by atoms with Crippen molar-refractivity contribution in [1.82, 2.24) is 19.9 Å². The maximum atomic E-state index is 14.0. The molecule has 4 rings (SSSR count). The number of carbonyl (C=O) groups is 2. The van der Waals surface area contributed by atoms with Gasteiger partial charge < -0.3 is 15.5 Å². The van der Waals surface area contributed by atoms with E-state index in [2.05, 4.69) is 25.5 Å². The fraction of sp³-hybridized carbons (Fsp3) is 0.409. The highest BCUT2D eigenvalue weighted by Gasteiger charge is 2.26. The largest absolute Gasteiger partial charge is 0.356 e. The van der Waals surface area contributed by atoms with Gasteiger partial charge in [-0.15, -0.1) is 0 Å². The van der Waals surface area contributed by atoms with Crippen molar-refractivity contribution in [3.63, 3.8) is 0 Å². The van der Waals surface area contributed by atoms with Gasteiger partial charge in [0.25, 0.3) is 5.56 Å². The first-order valence-electron chi connectivity index (χ1n) is 10.8. The average Bonchev–Trinajstić information content (AvgIpc) is 3.23. The van der Waals surface area contributed by atoms with E-state index in [4.69, 9.17) is 0 Å². The standard InChI is InChI=1S/C22H25FN6O3S/c1-3-24-20(31)14-6-8-28(9-7-14)22-27-19-18(33-22)21(32)29(12-25-19)11-17(30)26-16-5-4-13(2)10-15(16)23/h4-5,10,12,14H,3,6-9,11H2,1-2H3,(H,24,31)(H,26,30). The Balaban J connectivity index is 1.45. The maximum absolute atomic E-state index is 14.0. The minimum Gasteiger partial charge on any atom is -0.356 e. The fourth-order valence-corrected chi connectivity index (χ4v) is 4.82. The summed E-state index contributed by atoms with van der Waals surface area (Å²) >= 11 is 1.23. The second-order valence-electron chi connectivity index (χ2n) is 8.01. The topological polar surface area (TPSA) is 109 Å². The highest BCUT2D eigenvalue weighted by molar-refractivity contribution is 7.22. The van der Waals surface area contributed by atoms with E-state index in [1.807, 2.05) is 6.92 Å². The van der Waals surface area contributed by atoms with Crippen molar-refractivity contribution in [1.29, 1.82) is 0 Å². The number of rotatable bonds is 6. The molecule has 0 bridgehead atoms. The second-order valence-corrected chi connectivity index (χ2v) is 8.99. The summed E-state index contributed by atoms with van der Waals surface area (Å²) in [6.45, 7) is 5.32. The number of nitrogens with one attached hydrogen (secondary N) is 2. The molecule has 2 aromatic heterocycles. The summed E-state index contributed by atoms with van der Waals surface area (Å²) in [5, 5.41) is 6.02. The van der Waals surface area contributed by atoms with Gasteiger partial charge >= 0.3 is 0 Å². The molecule has 0 saturated carbocycles. The summed E-state index contributed by atoms with van der Waals surface area (Å²) in [5.41, 5.74) is 0.752. The van der Waals surface area contributed by atoms with Crippen LogP contribution < -0.4 is 21.1 Å². The van der Waals surface area contributed by atoms with Crippen LogP contribution in [0.15, 0.2) is 29.3 Å². The van der Waals surface area contributed by atoms with E-state index in [-0.39, 0.29) is 29.6 Å². The second kappa shape index (κ2) is 9.65. The number of aromatic nitrogens is 3. The van der Waals surface area contributed by atoms with Crippen molar-refractivity contribution in [3.8, 4) is 0 Å². The molecule has 2 amide bonds. The number of fused-ring (bicyclic) bond motifs is 1. The van der Waals surface area contributed by atoms with Crippen LogP contribution in [0.25, 0.3) is 10.3 Å². The SMILES string of the molecule is CCNC(=O)C1CCN(c2nc3ncn(CC(=O)Nc4ccc(C)cc4F)c(=O)c3s2)CC1. The molecular weight excluding hydrogens is 447 g/mol. The molecule has 174 valence electrons. The Hall–Kier alpha value is -3.34. The van der Waals surface area contributed by atoms with Gasteiger partial charge in [-0.2, -0.15) is 4.98 Å². The van der Waals surface area contributed by atoms with Gasteiger partial charge in [0, 0.05) is 25.6 Å². The monoisotopic (exact) mass is 472 g/mol. The Kier molecular flexibility index (Phi) is 6.68. The van der Waals surface area contributed by atoms with Gasteiger partial charge in [-0.05, 0) is 44.4 Å². The number of amides is 2. The molecule has 2 N–H and O–H groups in total. The smallest absolute Gasteiger partial charge is 0.273 e. The number of aryl methyl sites for hydroxylation is 1. The summed E-state index contributed by atoms with van der Waals surface area (Å²) in [4.78, 5) is 48.1. The lowest BCUT2D eigenvalue weighted by molar-refractivity contribution is -0.125. The average molecular weight is 473 g/mol. The van der Waals surface area contributed by atoms with E-state index in [0.717, 1.165) is 18.4 Å². The fourth-order valence-electron chi connectivity index (χ4n) is 3.80.